The SMILES string of the molecule is CC1(C)OC2OC3C(OC(=O)C(=O)COC(=O)C45CC6CC(CC(C6)C4)C5)C(=O)OC3C2O1. The molecule has 0 spiro atoms. The van der Waals surface area contributed by atoms with Crippen molar-refractivity contribution in [3.63, 3.8) is 0 Å². The molecule has 5 unspecified atom stereocenters. The van der Waals surface area contributed by atoms with Crippen LogP contribution in [0.4, 0.5) is 0 Å². The van der Waals surface area contributed by atoms with Crippen LogP contribution in [-0.4, -0.2) is 66.8 Å². The molecule has 0 aromatic heterocycles. The number of ketones is 1. The Morgan fingerprint density at radius 1 is 0.939 bits per heavy atom. The topological polar surface area (TPSA) is 124 Å². The van der Waals surface area contributed by atoms with Crippen LogP contribution in [-0.2, 0) is 47.6 Å². The fourth-order valence-corrected chi connectivity index (χ4v) is 7.22. The summed E-state index contributed by atoms with van der Waals surface area (Å²) in [4.78, 5) is 49.8. The summed E-state index contributed by atoms with van der Waals surface area (Å²) in [7, 11) is 0. The minimum atomic E-state index is -1.41. The van der Waals surface area contributed by atoms with Crippen LogP contribution in [0.2, 0.25) is 0 Å². The monoisotopic (exact) mass is 464 g/mol. The quantitative estimate of drug-likeness (QED) is 0.331. The molecule has 4 bridgehead atoms. The minimum absolute atomic E-state index is 0.396. The molecule has 3 heterocycles. The second-order valence-corrected chi connectivity index (χ2v) is 11.0. The Balaban J connectivity index is 1.04. The van der Waals surface area contributed by atoms with E-state index < -0.39 is 72.2 Å². The standard InChI is InChI=1S/C23H28O10/c1-22(2)32-17-15-14(31-20(17)33-22)16(19(26)29-15)30-18(25)13(24)9-28-21(27)23-6-10-3-11(7-23)5-12(4-10)8-23/h10-12,14-17,20H,3-9H2,1-2H3. The second-order valence-electron chi connectivity index (χ2n) is 11.0. The molecule has 0 aromatic carbocycles. The van der Waals surface area contributed by atoms with E-state index >= 15 is 0 Å². The molecule has 4 saturated carbocycles. The maximum atomic E-state index is 12.9. The van der Waals surface area contributed by atoms with Gasteiger partial charge in [0.2, 0.25) is 6.10 Å². The number of carbonyl (C=O) groups excluding carboxylic acids is 4. The van der Waals surface area contributed by atoms with Gasteiger partial charge in [0.05, 0.1) is 5.41 Å². The molecule has 10 heteroatoms. The minimum Gasteiger partial charge on any atom is -0.457 e. The van der Waals surface area contributed by atoms with E-state index in [9.17, 15) is 19.2 Å². The number of esters is 3. The van der Waals surface area contributed by atoms with Gasteiger partial charge in [-0.05, 0) is 70.1 Å². The van der Waals surface area contributed by atoms with Crippen LogP contribution in [0.15, 0.2) is 0 Å². The molecule has 0 radical (unpaired) electrons. The molecule has 4 aliphatic carbocycles. The smallest absolute Gasteiger partial charge is 0.379 e. The van der Waals surface area contributed by atoms with E-state index in [1.807, 2.05) is 0 Å². The predicted molar refractivity (Wildman–Crippen MR) is 105 cm³/mol. The number of hydrogen-bond donors (Lipinski definition) is 0. The van der Waals surface area contributed by atoms with Gasteiger partial charge in [0, 0.05) is 0 Å². The highest BCUT2D eigenvalue weighted by atomic mass is 16.9. The van der Waals surface area contributed by atoms with Gasteiger partial charge in [0.15, 0.2) is 30.9 Å². The van der Waals surface area contributed by atoms with Crippen molar-refractivity contribution >= 4 is 23.7 Å². The van der Waals surface area contributed by atoms with Gasteiger partial charge in [0.25, 0.3) is 5.78 Å². The van der Waals surface area contributed by atoms with E-state index in [2.05, 4.69) is 0 Å². The van der Waals surface area contributed by atoms with Crippen LogP contribution in [0.25, 0.3) is 0 Å². The van der Waals surface area contributed by atoms with Crippen LogP contribution in [0.5, 0.6) is 0 Å². The summed E-state index contributed by atoms with van der Waals surface area (Å²) in [5.41, 5.74) is -0.523. The van der Waals surface area contributed by atoms with Crippen molar-refractivity contribution in [3.8, 4) is 0 Å². The van der Waals surface area contributed by atoms with Crippen LogP contribution in [0.1, 0.15) is 52.4 Å². The van der Waals surface area contributed by atoms with Crippen LogP contribution < -0.4 is 0 Å². The number of fused-ring (bicyclic) bond motifs is 3. The molecule has 0 N–H and O–H groups in total. The number of rotatable bonds is 5. The molecule has 7 rings (SSSR count). The van der Waals surface area contributed by atoms with Crippen LogP contribution >= 0.6 is 0 Å². The van der Waals surface area contributed by atoms with Gasteiger partial charge >= 0.3 is 17.9 Å². The normalized spacial score (nSPS) is 45.9. The van der Waals surface area contributed by atoms with Gasteiger partial charge in [-0.25, -0.2) is 9.59 Å². The lowest BCUT2D eigenvalue weighted by Gasteiger charge is -2.55. The van der Waals surface area contributed by atoms with Crippen molar-refractivity contribution in [2.75, 3.05) is 6.61 Å². The third-order valence-corrected chi connectivity index (χ3v) is 8.08. The number of Topliss-reactive ketones (excluding diaryl/α,β-unsaturated/α-hetero) is 1. The molecule has 3 aliphatic heterocycles. The predicted octanol–water partition coefficient (Wildman–Crippen LogP) is 1.03. The first-order chi connectivity index (χ1) is 15.6. The second kappa shape index (κ2) is 7.23. The summed E-state index contributed by atoms with van der Waals surface area (Å²) < 4.78 is 32.7. The van der Waals surface area contributed by atoms with E-state index in [1.54, 1.807) is 13.8 Å². The van der Waals surface area contributed by atoms with E-state index in [-0.39, 0.29) is 0 Å². The average molecular weight is 464 g/mol. The summed E-state index contributed by atoms with van der Waals surface area (Å²) in [5, 5.41) is 0. The highest BCUT2D eigenvalue weighted by Gasteiger charge is 2.64. The number of ether oxygens (including phenoxy) is 6. The molecule has 5 atom stereocenters. The Morgan fingerprint density at radius 3 is 2.21 bits per heavy atom. The summed E-state index contributed by atoms with van der Waals surface area (Å²) in [6.07, 6.45) is 1.37. The maximum absolute atomic E-state index is 12.9. The van der Waals surface area contributed by atoms with Gasteiger partial charge < -0.3 is 28.4 Å². The molecule has 0 aromatic rings. The largest absolute Gasteiger partial charge is 0.457 e. The Kier molecular flexibility index (Phi) is 4.71. The third kappa shape index (κ3) is 3.49. The summed E-state index contributed by atoms with van der Waals surface area (Å²) in [5.74, 6) is -2.75. The molecule has 7 fully saturated rings. The average Bonchev–Trinajstić information content (AvgIpc) is 3.31. The number of hydrogen-bond acceptors (Lipinski definition) is 10. The number of carbonyl (C=O) groups is 4. The van der Waals surface area contributed by atoms with Gasteiger partial charge in [-0.3, -0.25) is 9.59 Å². The van der Waals surface area contributed by atoms with Gasteiger partial charge in [-0.15, -0.1) is 0 Å². The molecule has 10 nitrogen and oxygen atoms in total. The Morgan fingerprint density at radius 2 is 1.58 bits per heavy atom. The summed E-state index contributed by atoms with van der Waals surface area (Å²) in [6, 6.07) is 0. The lowest BCUT2D eigenvalue weighted by atomic mass is 9.49. The first-order valence-electron chi connectivity index (χ1n) is 11.8. The van der Waals surface area contributed by atoms with Gasteiger partial charge in [0.1, 0.15) is 6.10 Å². The summed E-state index contributed by atoms with van der Waals surface area (Å²) >= 11 is 0. The Bertz CT molecular complexity index is 874. The third-order valence-electron chi connectivity index (χ3n) is 8.08. The highest BCUT2D eigenvalue weighted by molar-refractivity contribution is 6.34. The lowest BCUT2D eigenvalue weighted by molar-refractivity contribution is -0.216. The Hall–Kier alpha value is -2.04. The molecular weight excluding hydrogens is 436 g/mol. The van der Waals surface area contributed by atoms with Crippen molar-refractivity contribution in [1.82, 2.24) is 0 Å². The molecule has 7 aliphatic rings. The lowest BCUT2D eigenvalue weighted by Crippen LogP contribution is -2.51. The zero-order valence-electron chi connectivity index (χ0n) is 18.7. The molecule has 180 valence electrons. The van der Waals surface area contributed by atoms with Crippen molar-refractivity contribution in [1.29, 1.82) is 0 Å². The van der Waals surface area contributed by atoms with E-state index in [0.717, 1.165) is 19.3 Å². The molecule has 0 amide bonds. The zero-order valence-corrected chi connectivity index (χ0v) is 18.7. The Labute approximate surface area is 190 Å². The van der Waals surface area contributed by atoms with Crippen LogP contribution in [0, 0.1) is 23.2 Å². The van der Waals surface area contributed by atoms with E-state index in [1.165, 1.54) is 19.3 Å². The molecule has 33 heavy (non-hydrogen) atoms. The van der Waals surface area contributed by atoms with E-state index in [4.69, 9.17) is 28.4 Å². The van der Waals surface area contributed by atoms with Crippen molar-refractivity contribution in [3.05, 3.63) is 0 Å². The van der Waals surface area contributed by atoms with Crippen LogP contribution in [0.3, 0.4) is 0 Å². The molecular formula is C23H28O10. The van der Waals surface area contributed by atoms with Crippen molar-refractivity contribution in [2.45, 2.75) is 88.9 Å². The fourth-order valence-electron chi connectivity index (χ4n) is 7.22. The van der Waals surface area contributed by atoms with E-state index in [0.29, 0.717) is 17.8 Å². The first kappa shape index (κ1) is 21.5. The first-order valence-corrected chi connectivity index (χ1v) is 11.8. The zero-order chi connectivity index (χ0) is 23.1. The van der Waals surface area contributed by atoms with Gasteiger partial charge in [-0.1, -0.05) is 0 Å². The van der Waals surface area contributed by atoms with Crippen molar-refractivity contribution in [2.24, 2.45) is 23.2 Å². The fraction of sp³-hybridized carbons (Fsp3) is 0.826. The van der Waals surface area contributed by atoms with Crippen molar-refractivity contribution < 1.29 is 47.6 Å². The highest BCUT2D eigenvalue weighted by Crippen LogP contribution is 2.60. The van der Waals surface area contributed by atoms with Gasteiger partial charge in [-0.2, -0.15) is 0 Å². The molecule has 3 saturated heterocycles. The summed E-state index contributed by atoms with van der Waals surface area (Å²) in [6.45, 7) is 2.71. The maximum Gasteiger partial charge on any atom is 0.379 e.